The molecule has 2 aromatic carbocycles. The van der Waals surface area contributed by atoms with Gasteiger partial charge in [-0.05, 0) is 24.3 Å². The van der Waals surface area contributed by atoms with E-state index >= 15 is 0 Å². The lowest BCUT2D eigenvalue weighted by Crippen LogP contribution is -2.22. The van der Waals surface area contributed by atoms with Gasteiger partial charge in [0.05, 0.1) is 15.6 Å². The zero-order chi connectivity index (χ0) is 18.2. The first kappa shape index (κ1) is 17.5. The molecule has 0 aromatic heterocycles. The molecule has 2 aromatic rings. The third-order valence-corrected chi connectivity index (χ3v) is 5.75. The first-order valence-electron chi connectivity index (χ1n) is 7.22. The number of carbonyl (C=O) groups is 1. The van der Waals surface area contributed by atoms with Gasteiger partial charge >= 0.3 is 0 Å². The smallest absolute Gasteiger partial charge is 0.255 e. The maximum atomic E-state index is 12.4. The number of hydrogen-bond donors (Lipinski definition) is 1. The number of benzene rings is 2. The largest absolute Gasteiger partial charge is 0.454 e. The molecule has 1 N–H and O–H groups in total. The van der Waals surface area contributed by atoms with Crippen molar-refractivity contribution in [1.82, 2.24) is 4.31 Å². The highest BCUT2D eigenvalue weighted by atomic mass is 35.5. The zero-order valence-electron chi connectivity index (χ0n) is 13.4. The number of hydrogen-bond acceptors (Lipinski definition) is 5. The van der Waals surface area contributed by atoms with E-state index in [1.54, 1.807) is 12.1 Å². The Bertz CT molecular complexity index is 926. The topological polar surface area (TPSA) is 84.9 Å². The molecule has 7 nitrogen and oxygen atoms in total. The van der Waals surface area contributed by atoms with Gasteiger partial charge in [-0.2, -0.15) is 0 Å². The molecule has 0 saturated carbocycles. The first-order valence-corrected chi connectivity index (χ1v) is 9.04. The van der Waals surface area contributed by atoms with Crippen LogP contribution in [0.1, 0.15) is 10.4 Å². The number of nitrogens with one attached hydrogen (secondary N) is 1. The minimum atomic E-state index is -3.54. The summed E-state index contributed by atoms with van der Waals surface area (Å²) >= 11 is 6.12. The summed E-state index contributed by atoms with van der Waals surface area (Å²) in [5.74, 6) is 0.586. The van der Waals surface area contributed by atoms with Crippen LogP contribution < -0.4 is 14.8 Å². The van der Waals surface area contributed by atoms with Gasteiger partial charge in [-0.3, -0.25) is 4.79 Å². The van der Waals surface area contributed by atoms with Crippen molar-refractivity contribution in [3.8, 4) is 11.5 Å². The lowest BCUT2D eigenvalue weighted by atomic mass is 10.2. The van der Waals surface area contributed by atoms with Crippen molar-refractivity contribution >= 4 is 33.2 Å². The molecule has 1 heterocycles. The molecular formula is C16H15ClN2O5S. The van der Waals surface area contributed by atoms with Gasteiger partial charge in [-0.25, -0.2) is 12.7 Å². The van der Waals surface area contributed by atoms with Crippen molar-refractivity contribution in [3.63, 3.8) is 0 Å². The number of ether oxygens (including phenoxy) is 2. The maximum Gasteiger partial charge on any atom is 0.255 e. The maximum absolute atomic E-state index is 12.4. The lowest BCUT2D eigenvalue weighted by molar-refractivity contribution is 0.102. The summed E-state index contributed by atoms with van der Waals surface area (Å²) in [5, 5.41) is 2.98. The molecule has 3 rings (SSSR count). The normalized spacial score (nSPS) is 13.1. The molecule has 132 valence electrons. The summed E-state index contributed by atoms with van der Waals surface area (Å²) in [4.78, 5) is 12.5. The molecular weight excluding hydrogens is 368 g/mol. The van der Waals surface area contributed by atoms with E-state index in [1.807, 2.05) is 0 Å². The van der Waals surface area contributed by atoms with Gasteiger partial charge < -0.3 is 14.8 Å². The van der Waals surface area contributed by atoms with Crippen LogP contribution in [0.4, 0.5) is 5.69 Å². The van der Waals surface area contributed by atoms with E-state index in [9.17, 15) is 13.2 Å². The number of nitrogens with zero attached hydrogens (tertiary/aromatic N) is 1. The Balaban J connectivity index is 1.81. The van der Waals surface area contributed by atoms with E-state index < -0.39 is 15.9 Å². The fourth-order valence-electron chi connectivity index (χ4n) is 2.20. The van der Waals surface area contributed by atoms with E-state index in [0.29, 0.717) is 27.8 Å². The van der Waals surface area contributed by atoms with Crippen LogP contribution in [0.2, 0.25) is 5.02 Å². The molecule has 1 aliphatic rings. The van der Waals surface area contributed by atoms with Crippen LogP contribution in [0, 0.1) is 0 Å². The highest BCUT2D eigenvalue weighted by Gasteiger charge is 2.20. The summed E-state index contributed by atoms with van der Waals surface area (Å²) in [6.07, 6.45) is 0. The van der Waals surface area contributed by atoms with Crippen LogP contribution in [0.5, 0.6) is 11.5 Å². The fourth-order valence-corrected chi connectivity index (χ4v) is 3.30. The van der Waals surface area contributed by atoms with E-state index in [1.165, 1.54) is 38.4 Å². The fraction of sp³-hybridized carbons (Fsp3) is 0.188. The van der Waals surface area contributed by atoms with E-state index in [0.717, 1.165) is 4.31 Å². The van der Waals surface area contributed by atoms with Crippen molar-refractivity contribution in [1.29, 1.82) is 0 Å². The lowest BCUT2D eigenvalue weighted by Gasteiger charge is -2.12. The Morgan fingerprint density at radius 1 is 1.12 bits per heavy atom. The average Bonchev–Trinajstić information content (AvgIpc) is 3.02. The molecule has 1 amide bonds. The van der Waals surface area contributed by atoms with Crippen LogP contribution in [-0.4, -0.2) is 39.5 Å². The van der Waals surface area contributed by atoms with Crippen molar-refractivity contribution in [2.75, 3.05) is 26.2 Å². The predicted octanol–water partition coefficient (Wildman–Crippen LogP) is 2.57. The van der Waals surface area contributed by atoms with Crippen LogP contribution in [0.3, 0.4) is 0 Å². The first-order chi connectivity index (χ1) is 11.8. The molecule has 25 heavy (non-hydrogen) atoms. The number of rotatable bonds is 4. The van der Waals surface area contributed by atoms with E-state index in [-0.39, 0.29) is 11.7 Å². The third kappa shape index (κ3) is 3.41. The van der Waals surface area contributed by atoms with Gasteiger partial charge in [-0.15, -0.1) is 0 Å². The summed E-state index contributed by atoms with van der Waals surface area (Å²) in [6.45, 7) is 0.102. The molecule has 9 heteroatoms. The minimum Gasteiger partial charge on any atom is -0.454 e. The van der Waals surface area contributed by atoms with Gasteiger partial charge in [0.1, 0.15) is 0 Å². The molecule has 0 saturated heterocycles. The number of anilines is 1. The van der Waals surface area contributed by atoms with Gasteiger partial charge in [0.2, 0.25) is 16.8 Å². The van der Waals surface area contributed by atoms with Gasteiger partial charge in [0.25, 0.3) is 5.91 Å². The molecule has 0 radical (unpaired) electrons. The summed E-state index contributed by atoms with van der Waals surface area (Å²) < 4.78 is 35.6. The number of carbonyl (C=O) groups excluding carboxylic acids is 1. The van der Waals surface area contributed by atoms with Gasteiger partial charge in [0, 0.05) is 31.8 Å². The van der Waals surface area contributed by atoms with Crippen molar-refractivity contribution in [3.05, 3.63) is 47.0 Å². The summed E-state index contributed by atoms with van der Waals surface area (Å²) in [7, 11) is -0.658. The quantitative estimate of drug-likeness (QED) is 0.878. The summed E-state index contributed by atoms with van der Waals surface area (Å²) in [5.41, 5.74) is 0.673. The van der Waals surface area contributed by atoms with Gasteiger partial charge in [0.15, 0.2) is 11.5 Å². The molecule has 0 bridgehead atoms. The van der Waals surface area contributed by atoms with Gasteiger partial charge in [-0.1, -0.05) is 11.6 Å². The molecule has 1 aliphatic heterocycles. The third-order valence-electron chi connectivity index (χ3n) is 3.61. The average molecular weight is 383 g/mol. The molecule has 0 aliphatic carbocycles. The molecule has 0 spiro atoms. The van der Waals surface area contributed by atoms with Crippen LogP contribution in [0.15, 0.2) is 41.3 Å². The van der Waals surface area contributed by atoms with Crippen molar-refractivity contribution < 1.29 is 22.7 Å². The number of sulfonamides is 1. The highest BCUT2D eigenvalue weighted by molar-refractivity contribution is 7.89. The highest BCUT2D eigenvalue weighted by Crippen LogP contribution is 2.39. The second-order valence-corrected chi connectivity index (χ2v) is 8.01. The summed E-state index contributed by atoms with van der Waals surface area (Å²) in [6, 6.07) is 8.77. The SMILES string of the molecule is CN(C)S(=O)(=O)c1ccc(C(=O)Nc2cc3c(cc2Cl)OCO3)cc1. The molecule has 0 unspecified atom stereocenters. The van der Waals surface area contributed by atoms with E-state index in [4.69, 9.17) is 21.1 Å². The Hall–Kier alpha value is -2.29. The number of amides is 1. The van der Waals surface area contributed by atoms with Crippen LogP contribution >= 0.6 is 11.6 Å². The second-order valence-electron chi connectivity index (χ2n) is 5.45. The van der Waals surface area contributed by atoms with Crippen LogP contribution in [0.25, 0.3) is 0 Å². The standard InChI is InChI=1S/C16H15ClN2O5S/c1-19(2)25(21,22)11-5-3-10(4-6-11)16(20)18-13-8-15-14(7-12(13)17)23-9-24-15/h3-8H,9H2,1-2H3,(H,18,20). The predicted molar refractivity (Wildman–Crippen MR) is 92.8 cm³/mol. The molecule has 0 fully saturated rings. The number of halogens is 1. The van der Waals surface area contributed by atoms with Crippen LogP contribution in [-0.2, 0) is 10.0 Å². The Labute approximate surface area is 150 Å². The monoisotopic (exact) mass is 382 g/mol. The Morgan fingerprint density at radius 3 is 2.32 bits per heavy atom. The van der Waals surface area contributed by atoms with Crippen molar-refractivity contribution in [2.45, 2.75) is 4.90 Å². The minimum absolute atomic E-state index is 0.102. The van der Waals surface area contributed by atoms with Crippen molar-refractivity contribution in [2.24, 2.45) is 0 Å². The number of fused-ring (bicyclic) bond motifs is 1. The van der Waals surface area contributed by atoms with E-state index in [2.05, 4.69) is 5.32 Å². The Kier molecular flexibility index (Phi) is 4.59. The second kappa shape index (κ2) is 6.55. The zero-order valence-corrected chi connectivity index (χ0v) is 15.0. The Morgan fingerprint density at radius 2 is 1.72 bits per heavy atom. The molecule has 0 atom stereocenters.